The summed E-state index contributed by atoms with van der Waals surface area (Å²) in [6.45, 7) is 4.81. The number of unbranched alkanes of at least 4 members (excludes halogenated alkanes) is 2. The van der Waals surface area contributed by atoms with E-state index in [-0.39, 0.29) is 5.91 Å². The smallest absolute Gasteiger partial charge is 0.258 e. The molecule has 0 aliphatic carbocycles. The van der Waals surface area contributed by atoms with Gasteiger partial charge in [0.05, 0.1) is 11.3 Å². The molecule has 1 amide bonds. The molecular weight excluding hydrogens is 268 g/mol. The molecule has 0 saturated heterocycles. The average Bonchev–Trinajstić information content (AvgIpc) is 2.89. The largest absolute Gasteiger partial charge is 0.384 e. The number of nitrogens with zero attached hydrogens (tertiary/aromatic N) is 2. The van der Waals surface area contributed by atoms with E-state index in [0.717, 1.165) is 18.7 Å². The Labute approximate surface area is 123 Å². The summed E-state index contributed by atoms with van der Waals surface area (Å²) < 4.78 is 4.91. The third kappa shape index (κ3) is 4.59. The van der Waals surface area contributed by atoms with Crippen molar-refractivity contribution in [3.05, 3.63) is 35.9 Å². The maximum Gasteiger partial charge on any atom is 0.258 e. The summed E-state index contributed by atoms with van der Waals surface area (Å²) in [6, 6.07) is 3.44. The predicted octanol–water partition coefficient (Wildman–Crippen LogP) is 3.23. The lowest BCUT2D eigenvalue weighted by atomic mass is 10.2. The van der Waals surface area contributed by atoms with Crippen LogP contribution in [-0.4, -0.2) is 22.6 Å². The molecule has 2 rings (SSSR count). The molecule has 0 aliphatic rings. The van der Waals surface area contributed by atoms with Crippen molar-refractivity contribution in [1.82, 2.24) is 10.1 Å². The fourth-order valence-electron chi connectivity index (χ4n) is 1.88. The Morgan fingerprint density at radius 1 is 1.29 bits per heavy atom. The van der Waals surface area contributed by atoms with E-state index in [1.54, 1.807) is 25.3 Å². The number of nitrogens with one attached hydrogen (secondary N) is 2. The van der Waals surface area contributed by atoms with Gasteiger partial charge in [-0.3, -0.25) is 9.78 Å². The zero-order valence-corrected chi connectivity index (χ0v) is 12.3. The molecular formula is C15H20N4O2. The highest BCUT2D eigenvalue weighted by atomic mass is 16.5. The van der Waals surface area contributed by atoms with E-state index in [1.807, 2.05) is 0 Å². The van der Waals surface area contributed by atoms with Gasteiger partial charge in [0.1, 0.15) is 5.76 Å². The van der Waals surface area contributed by atoms with Gasteiger partial charge in [-0.15, -0.1) is 0 Å². The van der Waals surface area contributed by atoms with Gasteiger partial charge in [-0.2, -0.15) is 0 Å². The van der Waals surface area contributed by atoms with Gasteiger partial charge in [0.25, 0.3) is 5.91 Å². The van der Waals surface area contributed by atoms with Crippen molar-refractivity contribution in [3.8, 4) is 0 Å². The Morgan fingerprint density at radius 2 is 2.14 bits per heavy atom. The quantitative estimate of drug-likeness (QED) is 0.764. The van der Waals surface area contributed by atoms with E-state index >= 15 is 0 Å². The van der Waals surface area contributed by atoms with Gasteiger partial charge in [0, 0.05) is 25.0 Å². The lowest BCUT2D eigenvalue weighted by molar-refractivity contribution is 0.102. The standard InChI is InChI=1S/C15H20N4O2/c1-3-4-5-6-17-13-8-12(9-16-10-13)15(20)18-14-7-11(2)21-19-14/h7-10,17H,3-6H2,1-2H3,(H,18,19,20). The van der Waals surface area contributed by atoms with Crippen molar-refractivity contribution in [3.63, 3.8) is 0 Å². The number of carbonyl (C=O) groups is 1. The number of aromatic nitrogens is 2. The van der Waals surface area contributed by atoms with E-state index < -0.39 is 0 Å². The molecule has 0 fully saturated rings. The van der Waals surface area contributed by atoms with Crippen molar-refractivity contribution < 1.29 is 9.32 Å². The van der Waals surface area contributed by atoms with E-state index in [4.69, 9.17) is 4.52 Å². The topological polar surface area (TPSA) is 80.0 Å². The van der Waals surface area contributed by atoms with Crippen LogP contribution < -0.4 is 10.6 Å². The predicted molar refractivity (Wildman–Crippen MR) is 81.4 cm³/mol. The number of rotatable bonds is 7. The molecule has 0 radical (unpaired) electrons. The first-order valence-electron chi connectivity index (χ1n) is 7.12. The van der Waals surface area contributed by atoms with Crippen LogP contribution in [-0.2, 0) is 0 Å². The molecule has 0 unspecified atom stereocenters. The molecule has 2 heterocycles. The number of amides is 1. The van der Waals surface area contributed by atoms with Crippen LogP contribution in [0.2, 0.25) is 0 Å². The molecule has 6 heteroatoms. The molecule has 0 aliphatic heterocycles. The number of carbonyl (C=O) groups excluding carboxylic acids is 1. The summed E-state index contributed by atoms with van der Waals surface area (Å²) in [5.41, 5.74) is 1.33. The molecule has 2 N–H and O–H groups in total. The van der Waals surface area contributed by atoms with Crippen LogP contribution >= 0.6 is 0 Å². The fourth-order valence-corrected chi connectivity index (χ4v) is 1.88. The Bertz CT molecular complexity index is 595. The Hall–Kier alpha value is -2.37. The lowest BCUT2D eigenvalue weighted by Gasteiger charge is -2.07. The minimum Gasteiger partial charge on any atom is -0.384 e. The Kier molecular flexibility index (Phi) is 5.31. The summed E-state index contributed by atoms with van der Waals surface area (Å²) in [5.74, 6) is 0.793. The van der Waals surface area contributed by atoms with Crippen molar-refractivity contribution in [2.75, 3.05) is 17.2 Å². The molecule has 0 spiro atoms. The van der Waals surface area contributed by atoms with Crippen LogP contribution in [0.15, 0.2) is 29.0 Å². The molecule has 0 atom stereocenters. The second-order valence-electron chi connectivity index (χ2n) is 4.87. The number of hydrogen-bond donors (Lipinski definition) is 2. The number of anilines is 2. The van der Waals surface area contributed by atoms with Gasteiger partial charge in [0.2, 0.25) is 0 Å². The molecule has 21 heavy (non-hydrogen) atoms. The second kappa shape index (κ2) is 7.42. The molecule has 0 aromatic carbocycles. The molecule has 0 saturated carbocycles. The van der Waals surface area contributed by atoms with E-state index in [0.29, 0.717) is 17.1 Å². The van der Waals surface area contributed by atoms with Gasteiger partial charge >= 0.3 is 0 Å². The zero-order valence-electron chi connectivity index (χ0n) is 12.3. The van der Waals surface area contributed by atoms with E-state index in [1.165, 1.54) is 19.0 Å². The third-order valence-corrected chi connectivity index (χ3v) is 2.98. The Balaban J connectivity index is 1.94. The first-order chi connectivity index (χ1) is 10.2. The third-order valence-electron chi connectivity index (χ3n) is 2.98. The monoisotopic (exact) mass is 288 g/mol. The van der Waals surface area contributed by atoms with Gasteiger partial charge in [0.15, 0.2) is 5.82 Å². The number of aryl methyl sites for hydroxylation is 1. The van der Waals surface area contributed by atoms with Crippen LogP contribution in [0.4, 0.5) is 11.5 Å². The summed E-state index contributed by atoms with van der Waals surface area (Å²) in [7, 11) is 0. The van der Waals surface area contributed by atoms with Crippen molar-refractivity contribution >= 4 is 17.4 Å². The minimum absolute atomic E-state index is 0.256. The SMILES string of the molecule is CCCCCNc1cncc(C(=O)Nc2cc(C)on2)c1. The minimum atomic E-state index is -0.256. The van der Waals surface area contributed by atoms with Crippen LogP contribution in [0.1, 0.15) is 42.3 Å². The lowest BCUT2D eigenvalue weighted by Crippen LogP contribution is -2.13. The van der Waals surface area contributed by atoms with Gasteiger partial charge in [-0.05, 0) is 19.4 Å². The summed E-state index contributed by atoms with van der Waals surface area (Å²) >= 11 is 0. The maximum absolute atomic E-state index is 12.1. The second-order valence-corrected chi connectivity index (χ2v) is 4.87. The first-order valence-corrected chi connectivity index (χ1v) is 7.12. The number of pyridine rings is 1. The van der Waals surface area contributed by atoms with E-state index in [9.17, 15) is 4.79 Å². The normalized spacial score (nSPS) is 10.4. The summed E-state index contributed by atoms with van der Waals surface area (Å²) in [6.07, 6.45) is 6.71. The highest BCUT2D eigenvalue weighted by molar-refractivity contribution is 6.04. The molecule has 2 aromatic heterocycles. The molecule has 112 valence electrons. The first kappa shape index (κ1) is 15.0. The zero-order chi connectivity index (χ0) is 15.1. The highest BCUT2D eigenvalue weighted by Gasteiger charge is 2.09. The van der Waals surface area contributed by atoms with Gasteiger partial charge in [-0.1, -0.05) is 24.9 Å². The molecule has 6 nitrogen and oxygen atoms in total. The average molecular weight is 288 g/mol. The highest BCUT2D eigenvalue weighted by Crippen LogP contribution is 2.12. The van der Waals surface area contributed by atoms with Crippen molar-refractivity contribution in [1.29, 1.82) is 0 Å². The van der Waals surface area contributed by atoms with Crippen molar-refractivity contribution in [2.45, 2.75) is 33.1 Å². The van der Waals surface area contributed by atoms with Crippen LogP contribution in [0, 0.1) is 6.92 Å². The van der Waals surface area contributed by atoms with Gasteiger partial charge < -0.3 is 15.2 Å². The molecule has 2 aromatic rings. The fraction of sp³-hybridized carbons (Fsp3) is 0.400. The van der Waals surface area contributed by atoms with Gasteiger partial charge in [-0.25, -0.2) is 0 Å². The van der Waals surface area contributed by atoms with Crippen LogP contribution in [0.5, 0.6) is 0 Å². The molecule has 0 bridgehead atoms. The Morgan fingerprint density at radius 3 is 2.86 bits per heavy atom. The van der Waals surface area contributed by atoms with Crippen molar-refractivity contribution in [2.24, 2.45) is 0 Å². The number of hydrogen-bond acceptors (Lipinski definition) is 5. The van der Waals surface area contributed by atoms with Crippen LogP contribution in [0.25, 0.3) is 0 Å². The van der Waals surface area contributed by atoms with E-state index in [2.05, 4.69) is 27.7 Å². The maximum atomic E-state index is 12.1. The van der Waals surface area contributed by atoms with Crippen LogP contribution in [0.3, 0.4) is 0 Å². The summed E-state index contributed by atoms with van der Waals surface area (Å²) in [4.78, 5) is 16.2. The summed E-state index contributed by atoms with van der Waals surface area (Å²) in [5, 5.41) is 9.67.